The van der Waals surface area contributed by atoms with E-state index in [1.807, 2.05) is 12.1 Å². The van der Waals surface area contributed by atoms with Crippen LogP contribution in [0.1, 0.15) is 15.9 Å². The van der Waals surface area contributed by atoms with Crippen LogP contribution >= 0.6 is 0 Å². The number of ether oxygens (including phenoxy) is 1. The molecule has 1 amide bonds. The van der Waals surface area contributed by atoms with Gasteiger partial charge in [0.05, 0.1) is 13.2 Å². The number of carbonyl (C=O) groups excluding carboxylic acids is 1. The van der Waals surface area contributed by atoms with Gasteiger partial charge < -0.3 is 15.0 Å². The van der Waals surface area contributed by atoms with Crippen molar-refractivity contribution < 1.29 is 9.53 Å². The van der Waals surface area contributed by atoms with Crippen molar-refractivity contribution in [2.75, 3.05) is 31.2 Å². The number of pyridine rings is 1. The van der Waals surface area contributed by atoms with E-state index in [9.17, 15) is 4.79 Å². The number of anilines is 1. The second kappa shape index (κ2) is 7.04. The summed E-state index contributed by atoms with van der Waals surface area (Å²) in [7, 11) is 0. The Morgan fingerprint density at radius 1 is 1.14 bits per heavy atom. The summed E-state index contributed by atoms with van der Waals surface area (Å²) in [6, 6.07) is 11.6. The summed E-state index contributed by atoms with van der Waals surface area (Å²) in [4.78, 5) is 18.4. The fourth-order valence-corrected chi connectivity index (χ4v) is 2.55. The molecule has 1 aliphatic heterocycles. The molecule has 1 saturated heterocycles. The van der Waals surface area contributed by atoms with Crippen molar-refractivity contribution in [2.24, 2.45) is 0 Å². The molecule has 2 heterocycles. The number of benzene rings is 1. The van der Waals surface area contributed by atoms with Crippen molar-refractivity contribution >= 4 is 11.6 Å². The van der Waals surface area contributed by atoms with E-state index >= 15 is 0 Å². The van der Waals surface area contributed by atoms with Gasteiger partial charge in [-0.3, -0.25) is 9.78 Å². The third kappa shape index (κ3) is 3.43. The van der Waals surface area contributed by atoms with E-state index in [-0.39, 0.29) is 5.91 Å². The highest BCUT2D eigenvalue weighted by molar-refractivity contribution is 5.94. The first kappa shape index (κ1) is 14.5. The molecule has 1 fully saturated rings. The first-order chi connectivity index (χ1) is 10.8. The van der Waals surface area contributed by atoms with Gasteiger partial charge in [-0.1, -0.05) is 18.2 Å². The van der Waals surface area contributed by atoms with Crippen LogP contribution in [-0.2, 0) is 11.3 Å². The minimum atomic E-state index is -0.0841. The molecule has 0 atom stereocenters. The van der Waals surface area contributed by atoms with Gasteiger partial charge in [0.2, 0.25) is 0 Å². The average molecular weight is 297 g/mol. The Hall–Kier alpha value is -2.40. The van der Waals surface area contributed by atoms with Crippen molar-refractivity contribution in [3.63, 3.8) is 0 Å². The molecule has 0 spiro atoms. The smallest absolute Gasteiger partial charge is 0.251 e. The van der Waals surface area contributed by atoms with Crippen molar-refractivity contribution in [3.05, 3.63) is 59.9 Å². The molecule has 1 aliphatic rings. The SMILES string of the molecule is O=C(NCc1ccccc1N1CCOCC1)c1ccncc1. The lowest BCUT2D eigenvalue weighted by Crippen LogP contribution is -2.37. The second-order valence-electron chi connectivity index (χ2n) is 5.15. The third-order valence-electron chi connectivity index (χ3n) is 3.73. The average Bonchev–Trinajstić information content (AvgIpc) is 2.61. The monoisotopic (exact) mass is 297 g/mol. The van der Waals surface area contributed by atoms with Crippen molar-refractivity contribution in [1.29, 1.82) is 0 Å². The molecular formula is C17H19N3O2. The van der Waals surface area contributed by atoms with E-state index in [4.69, 9.17) is 4.74 Å². The number of amides is 1. The van der Waals surface area contributed by atoms with Gasteiger partial charge in [0.15, 0.2) is 0 Å². The Labute approximate surface area is 129 Å². The fraction of sp³-hybridized carbons (Fsp3) is 0.294. The number of rotatable bonds is 4. The Morgan fingerprint density at radius 2 is 1.86 bits per heavy atom. The molecule has 0 saturated carbocycles. The normalized spacial score (nSPS) is 14.6. The summed E-state index contributed by atoms with van der Waals surface area (Å²) in [5.41, 5.74) is 2.91. The zero-order chi connectivity index (χ0) is 15.2. The van der Waals surface area contributed by atoms with Gasteiger partial charge >= 0.3 is 0 Å². The number of hydrogen-bond acceptors (Lipinski definition) is 4. The molecule has 114 valence electrons. The van der Waals surface area contributed by atoms with Crippen LogP contribution in [0.15, 0.2) is 48.8 Å². The molecule has 3 rings (SSSR count). The highest BCUT2D eigenvalue weighted by atomic mass is 16.5. The van der Waals surface area contributed by atoms with Gasteiger partial charge in [-0.05, 0) is 23.8 Å². The standard InChI is InChI=1S/C17H19N3O2/c21-17(14-5-7-18-8-6-14)19-13-15-3-1-2-4-16(15)20-9-11-22-12-10-20/h1-8H,9-13H2,(H,19,21). The van der Waals surface area contributed by atoms with E-state index in [0.29, 0.717) is 12.1 Å². The minimum Gasteiger partial charge on any atom is -0.378 e. The predicted octanol–water partition coefficient (Wildman–Crippen LogP) is 1.85. The van der Waals surface area contributed by atoms with E-state index in [1.54, 1.807) is 24.5 Å². The van der Waals surface area contributed by atoms with Gasteiger partial charge in [0.1, 0.15) is 0 Å². The molecule has 1 aromatic heterocycles. The molecule has 0 unspecified atom stereocenters. The summed E-state index contributed by atoms with van der Waals surface area (Å²) >= 11 is 0. The van der Waals surface area contributed by atoms with Crippen molar-refractivity contribution in [1.82, 2.24) is 10.3 Å². The molecule has 1 aromatic carbocycles. The van der Waals surface area contributed by atoms with Crippen LogP contribution in [0.3, 0.4) is 0 Å². The molecule has 0 bridgehead atoms. The molecular weight excluding hydrogens is 278 g/mol. The maximum atomic E-state index is 12.1. The maximum absolute atomic E-state index is 12.1. The van der Waals surface area contributed by atoms with Crippen LogP contribution in [0, 0.1) is 0 Å². The molecule has 5 heteroatoms. The van der Waals surface area contributed by atoms with Crippen LogP contribution in [0.5, 0.6) is 0 Å². The molecule has 0 radical (unpaired) electrons. The Bertz CT molecular complexity index is 625. The van der Waals surface area contributed by atoms with Gasteiger partial charge in [0.25, 0.3) is 5.91 Å². The lowest BCUT2D eigenvalue weighted by Gasteiger charge is -2.30. The molecule has 5 nitrogen and oxygen atoms in total. The first-order valence-electron chi connectivity index (χ1n) is 7.43. The zero-order valence-corrected chi connectivity index (χ0v) is 12.4. The van der Waals surface area contributed by atoms with Crippen LogP contribution < -0.4 is 10.2 Å². The van der Waals surface area contributed by atoms with E-state index in [2.05, 4.69) is 27.3 Å². The van der Waals surface area contributed by atoms with Crippen LogP contribution in [0.25, 0.3) is 0 Å². The van der Waals surface area contributed by atoms with E-state index in [0.717, 1.165) is 31.9 Å². The number of nitrogens with one attached hydrogen (secondary N) is 1. The molecule has 1 N–H and O–H groups in total. The quantitative estimate of drug-likeness (QED) is 0.936. The number of nitrogens with zero attached hydrogens (tertiary/aromatic N) is 2. The minimum absolute atomic E-state index is 0.0841. The highest BCUT2D eigenvalue weighted by Gasteiger charge is 2.14. The Balaban J connectivity index is 1.69. The summed E-state index contributed by atoms with van der Waals surface area (Å²) in [6.07, 6.45) is 3.24. The number of para-hydroxylation sites is 1. The molecule has 2 aromatic rings. The lowest BCUT2D eigenvalue weighted by atomic mass is 10.1. The van der Waals surface area contributed by atoms with E-state index < -0.39 is 0 Å². The maximum Gasteiger partial charge on any atom is 0.251 e. The largest absolute Gasteiger partial charge is 0.378 e. The second-order valence-corrected chi connectivity index (χ2v) is 5.15. The Kier molecular flexibility index (Phi) is 4.65. The molecule has 0 aliphatic carbocycles. The third-order valence-corrected chi connectivity index (χ3v) is 3.73. The number of hydrogen-bond donors (Lipinski definition) is 1. The van der Waals surface area contributed by atoms with Gasteiger partial charge in [-0.25, -0.2) is 0 Å². The number of aromatic nitrogens is 1. The number of carbonyl (C=O) groups is 1. The number of morpholine rings is 1. The predicted molar refractivity (Wildman–Crippen MR) is 84.9 cm³/mol. The van der Waals surface area contributed by atoms with Crippen molar-refractivity contribution in [2.45, 2.75) is 6.54 Å². The first-order valence-corrected chi connectivity index (χ1v) is 7.43. The summed E-state index contributed by atoms with van der Waals surface area (Å²) in [6.45, 7) is 3.77. The molecule has 22 heavy (non-hydrogen) atoms. The van der Waals surface area contributed by atoms with Gasteiger partial charge in [0, 0.05) is 43.3 Å². The highest BCUT2D eigenvalue weighted by Crippen LogP contribution is 2.21. The van der Waals surface area contributed by atoms with Gasteiger partial charge in [-0.15, -0.1) is 0 Å². The summed E-state index contributed by atoms with van der Waals surface area (Å²) in [5, 5.41) is 2.97. The van der Waals surface area contributed by atoms with Gasteiger partial charge in [-0.2, -0.15) is 0 Å². The van der Waals surface area contributed by atoms with Crippen LogP contribution in [-0.4, -0.2) is 37.2 Å². The zero-order valence-electron chi connectivity index (χ0n) is 12.4. The lowest BCUT2D eigenvalue weighted by molar-refractivity contribution is 0.0950. The Morgan fingerprint density at radius 3 is 2.64 bits per heavy atom. The van der Waals surface area contributed by atoms with Crippen LogP contribution in [0.2, 0.25) is 0 Å². The fourth-order valence-electron chi connectivity index (χ4n) is 2.55. The van der Waals surface area contributed by atoms with Crippen molar-refractivity contribution in [3.8, 4) is 0 Å². The topological polar surface area (TPSA) is 54.5 Å². The summed E-state index contributed by atoms with van der Waals surface area (Å²) in [5.74, 6) is -0.0841. The van der Waals surface area contributed by atoms with E-state index in [1.165, 1.54) is 5.69 Å². The van der Waals surface area contributed by atoms with Crippen LogP contribution in [0.4, 0.5) is 5.69 Å². The summed E-state index contributed by atoms with van der Waals surface area (Å²) < 4.78 is 5.40.